The number of ether oxygens (including phenoxy) is 1. The molecule has 3 rings (SSSR count). The van der Waals surface area contributed by atoms with Gasteiger partial charge in [-0.15, -0.1) is 0 Å². The first-order valence-corrected chi connectivity index (χ1v) is 26.3. The van der Waals surface area contributed by atoms with Crippen molar-refractivity contribution in [3.05, 3.63) is 108 Å². The Morgan fingerprint density at radius 3 is 0.936 bits per heavy atom. The molecule has 0 bridgehead atoms. The molecule has 0 spiro atoms. The average molecular weight is 1740 g/mol. The topological polar surface area (TPSA) is 9.23 Å². The van der Waals surface area contributed by atoms with Gasteiger partial charge in [-0.2, -0.15) is 0 Å². The van der Waals surface area contributed by atoms with E-state index < -0.39 is 30.4 Å². The summed E-state index contributed by atoms with van der Waals surface area (Å²) in [5.74, 6) is 0. The molecule has 3 aromatic rings. The molecule has 1 nitrogen and oxygen atoms in total. The third-order valence-electron chi connectivity index (χ3n) is 7.06. The maximum atomic E-state index is 7.10. The molecule has 0 aliphatic heterocycles. The highest BCUT2D eigenvalue weighted by Crippen LogP contribution is 2.78. The van der Waals surface area contributed by atoms with E-state index in [4.69, 9.17) is 4.74 Å². The third-order valence-corrected chi connectivity index (χ3v) is 41.2. The predicted octanol–water partition coefficient (Wildman–Crippen LogP) is 17.6. The predicted molar refractivity (Wildman–Crippen MR) is 263 cm³/mol. The highest BCUT2D eigenvalue weighted by Gasteiger charge is 2.77. The van der Waals surface area contributed by atoms with Crippen LogP contribution in [0.25, 0.3) is 0 Å². The monoisotopic (exact) mass is 1720 g/mol. The van der Waals surface area contributed by atoms with Crippen LogP contribution in [0.1, 0.15) is 23.1 Å². The van der Waals surface area contributed by atoms with Crippen LogP contribution < -0.4 is 0 Å². The molecular weight excluding hydrogens is 1720 g/mol. The van der Waals surface area contributed by atoms with Gasteiger partial charge in [0.05, 0.1) is 6.61 Å². The molecule has 0 unspecified atom stereocenters. The Bertz CT molecular complexity index is 1370. The van der Waals surface area contributed by atoms with E-state index in [1.807, 2.05) is 54.6 Å². The Kier molecular flexibility index (Phi) is 17.8. The highest BCUT2D eigenvalue weighted by molar-refractivity contribution is 9.42. The lowest BCUT2D eigenvalue weighted by Gasteiger charge is -2.57. The summed E-state index contributed by atoms with van der Waals surface area (Å²) in [5.41, 5.74) is 2.20. The number of alkyl halides is 17. The first-order chi connectivity index (χ1) is 21.3. The molecule has 0 atom stereocenters. The zero-order valence-electron chi connectivity index (χ0n) is 22.9. The van der Waals surface area contributed by atoms with Crippen molar-refractivity contribution in [1.82, 2.24) is 0 Å². The van der Waals surface area contributed by atoms with Crippen molar-refractivity contribution in [3.8, 4) is 0 Å². The van der Waals surface area contributed by atoms with Crippen LogP contribution in [0.2, 0.25) is 0 Å². The molecule has 47 heavy (non-hydrogen) atoms. The second-order valence-electron chi connectivity index (χ2n) is 10.0. The summed E-state index contributed by atoms with van der Waals surface area (Å²) in [7, 11) is 0. The van der Waals surface area contributed by atoms with Gasteiger partial charge in [-0.1, -0.05) is 362 Å². The fraction of sp³-hybridized carbons (Fsp3) is 0.379. The van der Waals surface area contributed by atoms with Gasteiger partial charge in [0.25, 0.3) is 0 Å². The van der Waals surface area contributed by atoms with E-state index >= 15 is 0 Å². The Balaban J connectivity index is 2.05. The molecule has 0 radical (unpaired) electrons. The van der Waals surface area contributed by atoms with Crippen molar-refractivity contribution in [2.75, 3.05) is 6.61 Å². The lowest BCUT2D eigenvalue weighted by Crippen LogP contribution is -2.68. The van der Waals surface area contributed by atoms with Crippen LogP contribution in [0.4, 0.5) is 0 Å². The van der Waals surface area contributed by atoms with Crippen LogP contribution in [0.15, 0.2) is 91.0 Å². The van der Waals surface area contributed by atoms with Crippen molar-refractivity contribution in [2.45, 2.75) is 36.8 Å². The van der Waals surface area contributed by atoms with Gasteiger partial charge in [0, 0.05) is 0 Å². The van der Waals surface area contributed by atoms with Crippen LogP contribution >= 0.6 is 271 Å². The van der Waals surface area contributed by atoms with Crippen molar-refractivity contribution >= 4 is 271 Å². The van der Waals surface area contributed by atoms with Gasteiger partial charge in [-0.25, -0.2) is 0 Å². The van der Waals surface area contributed by atoms with Crippen LogP contribution in [0.5, 0.6) is 0 Å². The molecule has 0 saturated carbocycles. The molecule has 18 heteroatoms. The van der Waals surface area contributed by atoms with Crippen LogP contribution in [0, 0.1) is 0 Å². The van der Waals surface area contributed by atoms with Crippen molar-refractivity contribution in [2.24, 2.45) is 0 Å². The first kappa shape index (κ1) is 47.2. The van der Waals surface area contributed by atoms with Crippen LogP contribution in [0.3, 0.4) is 0 Å². The van der Waals surface area contributed by atoms with E-state index in [0.717, 1.165) is 16.7 Å². The minimum Gasteiger partial charge on any atom is -0.361 e. The second-order valence-corrected chi connectivity index (χ2v) is 41.2. The number of rotatable bonds is 13. The molecular formula is C29H19Br17O. The van der Waals surface area contributed by atoms with Gasteiger partial charge in [0.1, 0.15) is 28.2 Å². The summed E-state index contributed by atoms with van der Waals surface area (Å²) in [5, 5.41) is 0. The number of halogens is 17. The first-order valence-electron chi connectivity index (χ1n) is 12.8. The molecule has 0 fully saturated rings. The van der Waals surface area contributed by atoms with Crippen molar-refractivity contribution < 1.29 is 4.74 Å². The highest BCUT2D eigenvalue weighted by atomic mass is 80.0. The summed E-state index contributed by atoms with van der Waals surface area (Å²) in [4.78, 5) is 0. The summed E-state index contributed by atoms with van der Waals surface area (Å²) in [6, 6.07) is 30.9. The van der Waals surface area contributed by atoms with Gasteiger partial charge in [0.2, 0.25) is 0 Å². The molecule has 0 aliphatic carbocycles. The molecule has 260 valence electrons. The van der Waals surface area contributed by atoms with E-state index in [2.05, 4.69) is 307 Å². The molecule has 0 aliphatic rings. The van der Waals surface area contributed by atoms with E-state index in [1.165, 1.54) is 0 Å². The quantitative estimate of drug-likeness (QED) is 0.122. The number of hydrogen-bond donors (Lipinski definition) is 0. The maximum Gasteiger partial charge on any atom is 0.162 e. The molecule has 0 amide bonds. The molecule has 0 aromatic heterocycles. The third kappa shape index (κ3) is 9.09. The standard InChI is InChI=1S/C29H19Br17O/c30-21(31,23(32,33)24(34,35)25(36,37)26(38,39)27(40,41)28(42,43)29(44,45)46)16-17-47-22(18-10-4-1-5-11-18,19-12-6-2-7-13-19)20-14-8-3-9-15-20/h1-15H,16-17H2. The lowest BCUT2D eigenvalue weighted by molar-refractivity contribution is 0.0107. The zero-order chi connectivity index (χ0) is 36.0. The molecule has 0 heterocycles. The molecule has 3 aromatic carbocycles. The van der Waals surface area contributed by atoms with Gasteiger partial charge < -0.3 is 4.74 Å². The van der Waals surface area contributed by atoms with Crippen LogP contribution in [-0.4, -0.2) is 31.4 Å². The van der Waals surface area contributed by atoms with Crippen molar-refractivity contribution in [1.29, 1.82) is 0 Å². The second kappa shape index (κ2) is 17.7. The molecule has 0 N–H and O–H groups in total. The fourth-order valence-corrected chi connectivity index (χ4v) is 19.6. The number of benzene rings is 3. The van der Waals surface area contributed by atoms with Gasteiger partial charge in [0.15, 0.2) is 2.14 Å². The van der Waals surface area contributed by atoms with Crippen LogP contribution in [-0.2, 0) is 10.3 Å². The Morgan fingerprint density at radius 2 is 0.638 bits per heavy atom. The zero-order valence-corrected chi connectivity index (χ0v) is 49.9. The Morgan fingerprint density at radius 1 is 0.362 bits per heavy atom. The van der Waals surface area contributed by atoms with E-state index in [0.29, 0.717) is 13.0 Å². The van der Waals surface area contributed by atoms with E-state index in [9.17, 15) is 0 Å². The fourth-order valence-electron chi connectivity index (χ4n) is 4.45. The van der Waals surface area contributed by atoms with E-state index in [1.54, 1.807) is 0 Å². The summed E-state index contributed by atoms with van der Waals surface area (Å²) < 4.78 is -0.723. The average Bonchev–Trinajstić information content (AvgIpc) is 2.99. The maximum absolute atomic E-state index is 7.10. The number of hydrogen-bond acceptors (Lipinski definition) is 1. The Hall–Kier alpha value is 5.78. The lowest BCUT2D eigenvalue weighted by atomic mass is 9.80. The minimum atomic E-state index is -1.08. The summed E-state index contributed by atoms with van der Waals surface area (Å²) in [6.45, 7) is 0.335. The van der Waals surface area contributed by atoms with E-state index in [-0.39, 0.29) is 0 Å². The summed E-state index contributed by atoms with van der Waals surface area (Å²) in [6.07, 6.45) is 0.478. The van der Waals surface area contributed by atoms with Gasteiger partial charge in [-0.05, 0) is 23.1 Å². The van der Waals surface area contributed by atoms with Gasteiger partial charge in [-0.3, -0.25) is 0 Å². The SMILES string of the molecule is BrC(Br)(Br)C(Br)(Br)C(Br)(Br)C(Br)(Br)C(Br)(Br)C(Br)(Br)C(Br)(Br)C(Br)(Br)CCOC(c1ccccc1)(c1ccccc1)c1ccccc1. The summed E-state index contributed by atoms with van der Waals surface area (Å²) >= 11 is 66.3. The Labute approximate surface area is 418 Å². The molecule has 0 saturated heterocycles. The van der Waals surface area contributed by atoms with Crippen molar-refractivity contribution in [3.63, 3.8) is 0 Å². The largest absolute Gasteiger partial charge is 0.361 e. The minimum absolute atomic E-state index is 0.335. The van der Waals surface area contributed by atoms with Gasteiger partial charge >= 0.3 is 0 Å². The smallest absolute Gasteiger partial charge is 0.162 e. The normalized spacial score (nSPS) is 14.7.